The molecule has 7 heteroatoms. The highest BCUT2D eigenvalue weighted by atomic mass is 127. The number of anilines is 1. The van der Waals surface area contributed by atoms with E-state index in [1.807, 2.05) is 6.20 Å². The van der Waals surface area contributed by atoms with E-state index >= 15 is 0 Å². The molecule has 0 fully saturated rings. The molecule has 0 unspecified atom stereocenters. The first-order valence-corrected chi connectivity index (χ1v) is 9.05. The fraction of sp³-hybridized carbons (Fsp3) is 0.400. The van der Waals surface area contributed by atoms with E-state index in [2.05, 4.69) is 51.5 Å². The molecule has 27 heavy (non-hydrogen) atoms. The zero-order valence-electron chi connectivity index (χ0n) is 16.2. The van der Waals surface area contributed by atoms with Gasteiger partial charge in [0, 0.05) is 39.4 Å². The van der Waals surface area contributed by atoms with Crippen LogP contribution in [0.25, 0.3) is 0 Å². The molecule has 0 aliphatic carbocycles. The van der Waals surface area contributed by atoms with Crippen LogP contribution in [0.2, 0.25) is 0 Å². The summed E-state index contributed by atoms with van der Waals surface area (Å²) in [5.41, 5.74) is 2.19. The minimum atomic E-state index is -0.209. The molecule has 1 heterocycles. The van der Waals surface area contributed by atoms with Crippen LogP contribution >= 0.6 is 24.0 Å². The van der Waals surface area contributed by atoms with Crippen LogP contribution < -0.4 is 15.5 Å². The standard InChI is InChI=1S/C20H28FN5.HI/c1-4-26(5-2)19-11-8-17(14-24-19)15-25-20(22-3)23-13-12-16-6-9-18(21)10-7-16;/h6-11,14H,4-5,12-13,15H2,1-3H3,(H2,22,23,25);1H. The molecule has 0 aliphatic heterocycles. The Kier molecular flexibility index (Phi) is 10.7. The van der Waals surface area contributed by atoms with E-state index < -0.39 is 0 Å². The van der Waals surface area contributed by atoms with Crippen LogP contribution in [0.5, 0.6) is 0 Å². The molecule has 0 spiro atoms. The lowest BCUT2D eigenvalue weighted by Crippen LogP contribution is -2.37. The first-order valence-electron chi connectivity index (χ1n) is 9.05. The van der Waals surface area contributed by atoms with E-state index in [0.29, 0.717) is 6.54 Å². The van der Waals surface area contributed by atoms with Crippen molar-refractivity contribution in [1.29, 1.82) is 0 Å². The summed E-state index contributed by atoms with van der Waals surface area (Å²) in [7, 11) is 1.74. The number of hydrogen-bond donors (Lipinski definition) is 2. The van der Waals surface area contributed by atoms with Crippen molar-refractivity contribution in [2.24, 2.45) is 4.99 Å². The Bertz CT molecular complexity index is 685. The number of hydrogen-bond acceptors (Lipinski definition) is 3. The van der Waals surface area contributed by atoms with Crippen molar-refractivity contribution in [3.63, 3.8) is 0 Å². The van der Waals surface area contributed by atoms with Crippen LogP contribution in [0.4, 0.5) is 10.2 Å². The molecule has 0 radical (unpaired) electrons. The van der Waals surface area contributed by atoms with Crippen LogP contribution in [0.15, 0.2) is 47.6 Å². The van der Waals surface area contributed by atoms with E-state index in [-0.39, 0.29) is 29.8 Å². The average Bonchev–Trinajstić information content (AvgIpc) is 2.68. The molecule has 0 saturated carbocycles. The maximum atomic E-state index is 12.9. The summed E-state index contributed by atoms with van der Waals surface area (Å²) in [5, 5.41) is 6.55. The highest BCUT2D eigenvalue weighted by Gasteiger charge is 2.04. The molecule has 0 bridgehead atoms. The van der Waals surface area contributed by atoms with Crippen LogP contribution in [-0.4, -0.2) is 37.6 Å². The Morgan fingerprint density at radius 2 is 1.70 bits per heavy atom. The zero-order chi connectivity index (χ0) is 18.8. The number of pyridine rings is 1. The van der Waals surface area contributed by atoms with E-state index in [0.717, 1.165) is 49.0 Å². The van der Waals surface area contributed by atoms with E-state index in [1.165, 1.54) is 12.1 Å². The Hall–Kier alpha value is -1.90. The predicted octanol–water partition coefficient (Wildman–Crippen LogP) is 3.59. The lowest BCUT2D eigenvalue weighted by Gasteiger charge is -2.19. The Balaban J connectivity index is 0.00000364. The zero-order valence-corrected chi connectivity index (χ0v) is 18.5. The number of rotatable bonds is 8. The minimum Gasteiger partial charge on any atom is -0.357 e. The average molecular weight is 485 g/mol. The van der Waals surface area contributed by atoms with Crippen molar-refractivity contribution < 1.29 is 4.39 Å². The van der Waals surface area contributed by atoms with Crippen molar-refractivity contribution in [1.82, 2.24) is 15.6 Å². The van der Waals surface area contributed by atoms with Gasteiger partial charge in [-0.1, -0.05) is 18.2 Å². The molecular formula is C20H29FIN5. The minimum absolute atomic E-state index is 0. The summed E-state index contributed by atoms with van der Waals surface area (Å²) in [4.78, 5) is 11.0. The molecular weight excluding hydrogens is 456 g/mol. The normalized spacial score (nSPS) is 10.9. The first-order chi connectivity index (χ1) is 12.7. The highest BCUT2D eigenvalue weighted by molar-refractivity contribution is 14.0. The largest absolute Gasteiger partial charge is 0.357 e. The van der Waals surface area contributed by atoms with Crippen LogP contribution in [0.1, 0.15) is 25.0 Å². The molecule has 2 aromatic rings. The van der Waals surface area contributed by atoms with Gasteiger partial charge in [0.15, 0.2) is 5.96 Å². The third kappa shape index (κ3) is 7.70. The quantitative estimate of drug-likeness (QED) is 0.341. The summed E-state index contributed by atoms with van der Waals surface area (Å²) in [6.07, 6.45) is 2.70. The molecule has 1 aromatic carbocycles. The fourth-order valence-electron chi connectivity index (χ4n) is 2.64. The van der Waals surface area contributed by atoms with Gasteiger partial charge in [0.05, 0.1) is 0 Å². The molecule has 0 saturated heterocycles. The molecule has 2 N–H and O–H groups in total. The van der Waals surface area contributed by atoms with E-state index in [4.69, 9.17) is 0 Å². The number of halogens is 2. The Morgan fingerprint density at radius 3 is 2.26 bits per heavy atom. The van der Waals surface area contributed by atoms with Gasteiger partial charge in [-0.3, -0.25) is 4.99 Å². The van der Waals surface area contributed by atoms with Gasteiger partial charge in [0.25, 0.3) is 0 Å². The summed E-state index contributed by atoms with van der Waals surface area (Å²) in [6.45, 7) is 7.54. The topological polar surface area (TPSA) is 52.5 Å². The predicted molar refractivity (Wildman–Crippen MR) is 122 cm³/mol. The summed E-state index contributed by atoms with van der Waals surface area (Å²) < 4.78 is 12.9. The maximum Gasteiger partial charge on any atom is 0.191 e. The number of nitrogens with one attached hydrogen (secondary N) is 2. The Morgan fingerprint density at radius 1 is 1.04 bits per heavy atom. The smallest absolute Gasteiger partial charge is 0.191 e. The molecule has 148 valence electrons. The first kappa shape index (κ1) is 23.1. The van der Waals surface area contributed by atoms with Gasteiger partial charge in [0.2, 0.25) is 0 Å². The van der Waals surface area contributed by atoms with Gasteiger partial charge in [-0.05, 0) is 49.6 Å². The van der Waals surface area contributed by atoms with Crippen LogP contribution in [0.3, 0.4) is 0 Å². The molecule has 0 atom stereocenters. The number of aromatic nitrogens is 1. The van der Waals surface area contributed by atoms with Crippen LogP contribution in [-0.2, 0) is 13.0 Å². The van der Waals surface area contributed by atoms with Crippen molar-refractivity contribution in [3.05, 3.63) is 59.5 Å². The monoisotopic (exact) mass is 485 g/mol. The lowest BCUT2D eigenvalue weighted by atomic mass is 10.1. The van der Waals surface area contributed by atoms with Crippen molar-refractivity contribution in [2.45, 2.75) is 26.8 Å². The molecule has 1 aromatic heterocycles. The lowest BCUT2D eigenvalue weighted by molar-refractivity contribution is 0.626. The Labute approximate surface area is 178 Å². The third-order valence-corrected chi connectivity index (χ3v) is 4.20. The number of guanidine groups is 1. The van der Waals surface area contributed by atoms with E-state index in [9.17, 15) is 4.39 Å². The molecule has 0 amide bonds. The maximum absolute atomic E-state index is 12.9. The second-order valence-electron chi connectivity index (χ2n) is 5.93. The number of benzene rings is 1. The second kappa shape index (κ2) is 12.5. The van der Waals surface area contributed by atoms with Gasteiger partial charge < -0.3 is 15.5 Å². The highest BCUT2D eigenvalue weighted by Crippen LogP contribution is 2.10. The fourth-order valence-corrected chi connectivity index (χ4v) is 2.64. The SMILES string of the molecule is CCN(CC)c1ccc(CNC(=NC)NCCc2ccc(F)cc2)cn1.I. The van der Waals surface area contributed by atoms with Crippen molar-refractivity contribution >= 4 is 35.8 Å². The van der Waals surface area contributed by atoms with Gasteiger partial charge in [-0.15, -0.1) is 24.0 Å². The summed E-state index contributed by atoms with van der Waals surface area (Å²) >= 11 is 0. The van der Waals surface area contributed by atoms with Gasteiger partial charge >= 0.3 is 0 Å². The van der Waals surface area contributed by atoms with Crippen molar-refractivity contribution in [2.75, 3.05) is 31.6 Å². The van der Waals surface area contributed by atoms with E-state index in [1.54, 1.807) is 19.2 Å². The van der Waals surface area contributed by atoms with Crippen LogP contribution in [0, 0.1) is 5.82 Å². The summed E-state index contributed by atoms with van der Waals surface area (Å²) in [6, 6.07) is 10.7. The second-order valence-corrected chi connectivity index (χ2v) is 5.93. The number of nitrogens with zero attached hydrogens (tertiary/aromatic N) is 3. The van der Waals surface area contributed by atoms with Crippen molar-refractivity contribution in [3.8, 4) is 0 Å². The van der Waals surface area contributed by atoms with Gasteiger partial charge in [0.1, 0.15) is 11.6 Å². The van der Waals surface area contributed by atoms with Gasteiger partial charge in [-0.2, -0.15) is 0 Å². The van der Waals surface area contributed by atoms with Gasteiger partial charge in [-0.25, -0.2) is 9.37 Å². The summed E-state index contributed by atoms with van der Waals surface area (Å²) in [5.74, 6) is 1.53. The number of aliphatic imine (C=N–C) groups is 1. The molecule has 2 rings (SSSR count). The molecule has 0 aliphatic rings. The molecule has 5 nitrogen and oxygen atoms in total. The third-order valence-electron chi connectivity index (χ3n) is 4.20.